The molecule has 132 valence electrons. The second kappa shape index (κ2) is 8.01. The quantitative estimate of drug-likeness (QED) is 0.677. The first-order valence-corrected chi connectivity index (χ1v) is 9.16. The van der Waals surface area contributed by atoms with Crippen LogP contribution in [0, 0.1) is 13.8 Å². The van der Waals surface area contributed by atoms with Gasteiger partial charge < -0.3 is 5.32 Å². The molecule has 3 amide bonds. The number of para-hydroxylation sites is 1. The van der Waals surface area contributed by atoms with Crippen LogP contribution in [-0.2, 0) is 4.79 Å². The Hall–Kier alpha value is -2.86. The number of rotatable bonds is 4. The molecule has 0 fully saturated rings. The number of fused-ring (bicyclic) bond motifs is 1. The molecule has 5 nitrogen and oxygen atoms in total. The molecule has 0 spiro atoms. The summed E-state index contributed by atoms with van der Waals surface area (Å²) in [6, 6.07) is 14.7. The van der Waals surface area contributed by atoms with Crippen molar-refractivity contribution in [2.45, 2.75) is 18.7 Å². The predicted octanol–water partition coefficient (Wildman–Crippen LogP) is 4.29. The molecule has 0 saturated carbocycles. The number of nitrogens with zero attached hydrogens (tertiary/aromatic N) is 1. The van der Waals surface area contributed by atoms with E-state index in [2.05, 4.69) is 15.6 Å². The number of carbonyl (C=O) groups is 2. The average Bonchev–Trinajstić information content (AvgIpc) is 2.63. The molecule has 3 aromatic rings. The van der Waals surface area contributed by atoms with Gasteiger partial charge in [0.25, 0.3) is 0 Å². The Labute approximate surface area is 156 Å². The van der Waals surface area contributed by atoms with E-state index in [-0.39, 0.29) is 11.7 Å². The normalized spacial score (nSPS) is 10.5. The van der Waals surface area contributed by atoms with Gasteiger partial charge in [-0.15, -0.1) is 11.8 Å². The summed E-state index contributed by atoms with van der Waals surface area (Å²) in [6.45, 7) is 3.97. The Balaban J connectivity index is 1.56. The van der Waals surface area contributed by atoms with Gasteiger partial charge in [-0.05, 0) is 49.2 Å². The number of nitrogens with one attached hydrogen (secondary N) is 2. The Morgan fingerprint density at radius 3 is 2.65 bits per heavy atom. The molecule has 0 atom stereocenters. The first-order valence-electron chi connectivity index (χ1n) is 8.17. The molecule has 0 aliphatic rings. The fraction of sp³-hybridized carbons (Fsp3) is 0.150. The summed E-state index contributed by atoms with van der Waals surface area (Å²) in [5.74, 6) is -0.203. The Bertz CT molecular complexity index is 967. The largest absolute Gasteiger partial charge is 0.325 e. The standard InChI is InChI=1S/C20H19N3O2S/c1-13-7-8-15(11-14(13)2)22-20(25)23-19(24)12-26-18-9-10-21-17-6-4-3-5-16(17)18/h3-11H,12H2,1-2H3,(H2,22,23,24,25). The molecule has 1 aromatic heterocycles. The topological polar surface area (TPSA) is 71.1 Å². The van der Waals surface area contributed by atoms with Crippen molar-refractivity contribution in [3.05, 3.63) is 65.9 Å². The molecular formula is C20H19N3O2S. The molecule has 0 aliphatic heterocycles. The third-order valence-corrected chi connectivity index (χ3v) is 5.06. The fourth-order valence-electron chi connectivity index (χ4n) is 2.48. The highest BCUT2D eigenvalue weighted by atomic mass is 32.2. The summed E-state index contributed by atoms with van der Waals surface area (Å²) >= 11 is 1.38. The smallest absolute Gasteiger partial charge is 0.308 e. The number of pyridine rings is 1. The van der Waals surface area contributed by atoms with E-state index in [9.17, 15) is 9.59 Å². The minimum absolute atomic E-state index is 0.147. The Morgan fingerprint density at radius 1 is 1.04 bits per heavy atom. The Morgan fingerprint density at radius 2 is 1.85 bits per heavy atom. The molecule has 0 saturated heterocycles. The number of hydrogen-bond acceptors (Lipinski definition) is 4. The highest BCUT2D eigenvalue weighted by molar-refractivity contribution is 8.00. The number of aromatic nitrogens is 1. The predicted molar refractivity (Wildman–Crippen MR) is 106 cm³/mol. The van der Waals surface area contributed by atoms with Crippen LogP contribution in [-0.4, -0.2) is 22.7 Å². The van der Waals surface area contributed by atoms with Gasteiger partial charge in [0.15, 0.2) is 0 Å². The first kappa shape index (κ1) is 17.9. The van der Waals surface area contributed by atoms with Crippen LogP contribution in [0.5, 0.6) is 0 Å². The van der Waals surface area contributed by atoms with Gasteiger partial charge in [-0.25, -0.2) is 4.79 Å². The van der Waals surface area contributed by atoms with E-state index in [0.717, 1.165) is 26.9 Å². The summed E-state index contributed by atoms with van der Waals surface area (Å²) in [6.07, 6.45) is 1.72. The van der Waals surface area contributed by atoms with Gasteiger partial charge in [0.05, 0.1) is 11.3 Å². The number of urea groups is 1. The minimum atomic E-state index is -0.529. The number of anilines is 1. The first-order chi connectivity index (χ1) is 12.5. The van der Waals surface area contributed by atoms with Crippen molar-refractivity contribution in [3.8, 4) is 0 Å². The lowest BCUT2D eigenvalue weighted by Crippen LogP contribution is -2.35. The summed E-state index contributed by atoms with van der Waals surface area (Å²) in [4.78, 5) is 29.3. The van der Waals surface area contributed by atoms with Crippen LogP contribution in [0.25, 0.3) is 10.9 Å². The van der Waals surface area contributed by atoms with Gasteiger partial charge in [0, 0.05) is 22.2 Å². The molecule has 0 unspecified atom stereocenters. The monoisotopic (exact) mass is 365 g/mol. The number of hydrogen-bond donors (Lipinski definition) is 2. The van der Waals surface area contributed by atoms with Gasteiger partial charge >= 0.3 is 6.03 Å². The summed E-state index contributed by atoms with van der Waals surface area (Å²) in [5.41, 5.74) is 3.76. The Kier molecular flexibility index (Phi) is 5.53. The van der Waals surface area contributed by atoms with Gasteiger partial charge in [-0.2, -0.15) is 0 Å². The number of benzene rings is 2. The van der Waals surface area contributed by atoms with Crippen molar-refractivity contribution >= 4 is 40.3 Å². The zero-order valence-corrected chi connectivity index (χ0v) is 15.4. The molecule has 2 aromatic carbocycles. The van der Waals surface area contributed by atoms with E-state index in [1.54, 1.807) is 6.20 Å². The number of imide groups is 1. The highest BCUT2D eigenvalue weighted by Gasteiger charge is 2.10. The maximum absolute atomic E-state index is 12.1. The van der Waals surface area contributed by atoms with Crippen molar-refractivity contribution in [3.63, 3.8) is 0 Å². The lowest BCUT2D eigenvalue weighted by atomic mass is 10.1. The van der Waals surface area contributed by atoms with Crippen LogP contribution in [0.2, 0.25) is 0 Å². The molecule has 6 heteroatoms. The zero-order chi connectivity index (χ0) is 18.5. The van der Waals surface area contributed by atoms with Crippen molar-refractivity contribution in [1.29, 1.82) is 0 Å². The molecular weight excluding hydrogens is 346 g/mol. The summed E-state index contributed by atoms with van der Waals surface area (Å²) < 4.78 is 0. The molecule has 0 bridgehead atoms. The van der Waals surface area contributed by atoms with Gasteiger partial charge in [-0.1, -0.05) is 24.3 Å². The fourth-order valence-corrected chi connectivity index (χ4v) is 3.33. The van der Waals surface area contributed by atoms with E-state index < -0.39 is 6.03 Å². The number of aryl methyl sites for hydroxylation is 2. The average molecular weight is 365 g/mol. The van der Waals surface area contributed by atoms with E-state index in [1.807, 2.05) is 62.4 Å². The van der Waals surface area contributed by atoms with Crippen molar-refractivity contribution in [1.82, 2.24) is 10.3 Å². The molecule has 0 radical (unpaired) electrons. The van der Waals surface area contributed by atoms with E-state index >= 15 is 0 Å². The SMILES string of the molecule is Cc1ccc(NC(=O)NC(=O)CSc2ccnc3ccccc23)cc1C. The highest BCUT2D eigenvalue weighted by Crippen LogP contribution is 2.26. The molecule has 26 heavy (non-hydrogen) atoms. The van der Waals surface area contributed by atoms with Crippen molar-refractivity contribution < 1.29 is 9.59 Å². The van der Waals surface area contributed by atoms with E-state index in [4.69, 9.17) is 0 Å². The second-order valence-electron chi connectivity index (χ2n) is 5.92. The maximum Gasteiger partial charge on any atom is 0.325 e. The van der Waals surface area contributed by atoms with Gasteiger partial charge in [0.2, 0.25) is 5.91 Å². The number of amides is 3. The van der Waals surface area contributed by atoms with Crippen LogP contribution in [0.15, 0.2) is 59.6 Å². The molecule has 0 aliphatic carbocycles. The van der Waals surface area contributed by atoms with Crippen LogP contribution in [0.1, 0.15) is 11.1 Å². The van der Waals surface area contributed by atoms with E-state index in [1.165, 1.54) is 11.8 Å². The third-order valence-electron chi connectivity index (χ3n) is 3.99. The van der Waals surface area contributed by atoms with Crippen molar-refractivity contribution in [2.75, 3.05) is 11.1 Å². The van der Waals surface area contributed by atoms with Crippen molar-refractivity contribution in [2.24, 2.45) is 0 Å². The second-order valence-corrected chi connectivity index (χ2v) is 6.93. The van der Waals surface area contributed by atoms with Crippen LogP contribution in [0.4, 0.5) is 10.5 Å². The summed E-state index contributed by atoms with van der Waals surface area (Å²) in [5, 5.41) is 6.03. The lowest BCUT2D eigenvalue weighted by molar-refractivity contribution is -0.117. The molecule has 2 N–H and O–H groups in total. The van der Waals surface area contributed by atoms with Crippen LogP contribution < -0.4 is 10.6 Å². The number of carbonyl (C=O) groups excluding carboxylic acids is 2. The van der Waals surface area contributed by atoms with Crippen LogP contribution >= 0.6 is 11.8 Å². The molecule has 3 rings (SSSR count). The summed E-state index contributed by atoms with van der Waals surface area (Å²) in [7, 11) is 0. The number of thioether (sulfide) groups is 1. The maximum atomic E-state index is 12.1. The molecule has 1 heterocycles. The van der Waals surface area contributed by atoms with Crippen LogP contribution in [0.3, 0.4) is 0 Å². The zero-order valence-electron chi connectivity index (χ0n) is 14.6. The third kappa shape index (κ3) is 4.40. The van der Waals surface area contributed by atoms with Gasteiger partial charge in [0.1, 0.15) is 0 Å². The van der Waals surface area contributed by atoms with E-state index in [0.29, 0.717) is 5.69 Å². The van der Waals surface area contributed by atoms with Gasteiger partial charge in [-0.3, -0.25) is 15.1 Å². The lowest BCUT2D eigenvalue weighted by Gasteiger charge is -2.09. The minimum Gasteiger partial charge on any atom is -0.308 e.